The molecule has 1 aromatic carbocycles. The van der Waals surface area contributed by atoms with Crippen LogP contribution in [0.2, 0.25) is 0 Å². The van der Waals surface area contributed by atoms with Crippen LogP contribution < -0.4 is 11.1 Å². The van der Waals surface area contributed by atoms with E-state index in [1.54, 1.807) is 0 Å². The van der Waals surface area contributed by atoms with Gasteiger partial charge in [0.05, 0.1) is 0 Å². The third-order valence-electron chi connectivity index (χ3n) is 2.44. The van der Waals surface area contributed by atoms with Gasteiger partial charge in [-0.1, -0.05) is 12.1 Å². The molecule has 0 aliphatic rings. The number of nitrogens with one attached hydrogen (secondary N) is 1. The van der Waals surface area contributed by atoms with Gasteiger partial charge in [-0.25, -0.2) is 4.39 Å². The van der Waals surface area contributed by atoms with E-state index in [0.29, 0.717) is 5.56 Å². The standard InChI is InChI=1S/C13H15FN2O4/c1-8(17)20-7-12(18)16-11(13(15)19)6-9-2-4-10(14)5-3-9/h2-5,11H,6-7H2,1H3,(H2,15,19)(H,16,18)/t11-/m0/s1. The van der Waals surface area contributed by atoms with E-state index in [9.17, 15) is 18.8 Å². The van der Waals surface area contributed by atoms with Gasteiger partial charge in [0, 0.05) is 13.3 Å². The first-order valence-corrected chi connectivity index (χ1v) is 5.85. The molecule has 0 saturated heterocycles. The molecule has 0 unspecified atom stereocenters. The van der Waals surface area contributed by atoms with Crippen molar-refractivity contribution < 1.29 is 23.5 Å². The maximum absolute atomic E-state index is 12.8. The lowest BCUT2D eigenvalue weighted by molar-refractivity contribution is -0.146. The van der Waals surface area contributed by atoms with Crippen molar-refractivity contribution in [3.05, 3.63) is 35.6 Å². The molecule has 1 rings (SSSR count). The SMILES string of the molecule is CC(=O)OCC(=O)N[C@@H](Cc1ccc(F)cc1)C(N)=O. The molecular weight excluding hydrogens is 267 g/mol. The summed E-state index contributed by atoms with van der Waals surface area (Å²) in [5.74, 6) is -2.37. The van der Waals surface area contributed by atoms with E-state index >= 15 is 0 Å². The second-order valence-electron chi connectivity index (χ2n) is 4.13. The highest BCUT2D eigenvalue weighted by atomic mass is 19.1. The van der Waals surface area contributed by atoms with Gasteiger partial charge in [0.15, 0.2) is 6.61 Å². The van der Waals surface area contributed by atoms with Gasteiger partial charge in [-0.3, -0.25) is 14.4 Å². The molecule has 0 spiro atoms. The highest BCUT2D eigenvalue weighted by Crippen LogP contribution is 2.06. The smallest absolute Gasteiger partial charge is 0.303 e. The minimum atomic E-state index is -0.955. The zero-order valence-corrected chi connectivity index (χ0v) is 10.9. The Hall–Kier alpha value is -2.44. The number of benzene rings is 1. The van der Waals surface area contributed by atoms with Gasteiger partial charge in [-0.15, -0.1) is 0 Å². The Morgan fingerprint density at radius 1 is 1.30 bits per heavy atom. The van der Waals surface area contributed by atoms with Gasteiger partial charge in [0.25, 0.3) is 5.91 Å². The fraction of sp³-hybridized carbons (Fsp3) is 0.308. The normalized spacial score (nSPS) is 11.5. The van der Waals surface area contributed by atoms with Crippen molar-refractivity contribution in [1.82, 2.24) is 5.32 Å². The third-order valence-corrected chi connectivity index (χ3v) is 2.44. The summed E-state index contributed by atoms with van der Waals surface area (Å²) in [5, 5.41) is 2.35. The molecule has 0 fully saturated rings. The fourth-order valence-electron chi connectivity index (χ4n) is 1.48. The number of carbonyl (C=O) groups is 3. The van der Waals surface area contributed by atoms with Crippen LogP contribution in [-0.4, -0.2) is 30.4 Å². The number of esters is 1. The molecule has 20 heavy (non-hydrogen) atoms. The molecule has 6 nitrogen and oxygen atoms in total. The van der Waals surface area contributed by atoms with Crippen LogP contribution >= 0.6 is 0 Å². The molecular formula is C13H15FN2O4. The Balaban J connectivity index is 2.60. The predicted molar refractivity (Wildman–Crippen MR) is 67.9 cm³/mol. The topological polar surface area (TPSA) is 98.5 Å². The highest BCUT2D eigenvalue weighted by molar-refractivity contribution is 5.87. The van der Waals surface area contributed by atoms with Crippen LogP contribution in [0.1, 0.15) is 12.5 Å². The number of halogens is 1. The Labute approximate surface area is 115 Å². The molecule has 0 aliphatic carbocycles. The van der Waals surface area contributed by atoms with Gasteiger partial charge in [-0.2, -0.15) is 0 Å². The average molecular weight is 282 g/mol. The fourth-order valence-corrected chi connectivity index (χ4v) is 1.48. The lowest BCUT2D eigenvalue weighted by atomic mass is 10.1. The van der Waals surface area contributed by atoms with Crippen molar-refractivity contribution in [3.8, 4) is 0 Å². The van der Waals surface area contributed by atoms with Crippen molar-refractivity contribution >= 4 is 17.8 Å². The Kier molecular flexibility index (Phi) is 5.64. The predicted octanol–water partition coefficient (Wildman–Crippen LogP) is -0.0986. The van der Waals surface area contributed by atoms with Gasteiger partial charge in [-0.05, 0) is 17.7 Å². The zero-order chi connectivity index (χ0) is 15.1. The van der Waals surface area contributed by atoms with Crippen molar-refractivity contribution in [3.63, 3.8) is 0 Å². The molecule has 2 amide bonds. The van der Waals surface area contributed by atoms with Gasteiger partial charge in [0.1, 0.15) is 11.9 Å². The largest absolute Gasteiger partial charge is 0.456 e. The van der Waals surface area contributed by atoms with E-state index in [2.05, 4.69) is 10.1 Å². The summed E-state index contributed by atoms with van der Waals surface area (Å²) in [6.07, 6.45) is 0.126. The molecule has 0 radical (unpaired) electrons. The minimum absolute atomic E-state index is 0.126. The number of hydrogen-bond donors (Lipinski definition) is 2. The monoisotopic (exact) mass is 282 g/mol. The number of hydrogen-bond acceptors (Lipinski definition) is 4. The summed E-state index contributed by atoms with van der Waals surface area (Å²) in [4.78, 5) is 33.3. The zero-order valence-electron chi connectivity index (χ0n) is 10.9. The first kappa shape index (κ1) is 15.6. The number of carbonyl (C=O) groups excluding carboxylic acids is 3. The van der Waals surface area contributed by atoms with E-state index in [1.807, 2.05) is 0 Å². The highest BCUT2D eigenvalue weighted by Gasteiger charge is 2.19. The van der Waals surface area contributed by atoms with E-state index in [4.69, 9.17) is 5.73 Å². The van der Waals surface area contributed by atoms with Crippen LogP contribution in [-0.2, 0) is 25.5 Å². The summed E-state index contributed by atoms with van der Waals surface area (Å²) in [6, 6.07) is 4.51. The van der Waals surface area contributed by atoms with Crippen LogP contribution in [0, 0.1) is 5.82 Å². The maximum atomic E-state index is 12.8. The van der Waals surface area contributed by atoms with Crippen LogP contribution in [0.3, 0.4) is 0 Å². The van der Waals surface area contributed by atoms with Gasteiger partial charge >= 0.3 is 5.97 Å². The number of primary amides is 1. The molecule has 108 valence electrons. The Morgan fingerprint density at radius 2 is 1.90 bits per heavy atom. The molecule has 0 heterocycles. The lowest BCUT2D eigenvalue weighted by Crippen LogP contribution is -2.47. The first-order chi connectivity index (χ1) is 9.38. The summed E-state index contributed by atoms with van der Waals surface area (Å²) in [6.45, 7) is 0.680. The maximum Gasteiger partial charge on any atom is 0.303 e. The van der Waals surface area contributed by atoms with E-state index < -0.39 is 36.2 Å². The molecule has 1 aromatic rings. The number of amides is 2. The van der Waals surface area contributed by atoms with E-state index in [-0.39, 0.29) is 6.42 Å². The van der Waals surface area contributed by atoms with Crippen molar-refractivity contribution in [1.29, 1.82) is 0 Å². The second kappa shape index (κ2) is 7.22. The van der Waals surface area contributed by atoms with E-state index in [1.165, 1.54) is 24.3 Å². The van der Waals surface area contributed by atoms with Crippen LogP contribution in [0.5, 0.6) is 0 Å². The molecule has 7 heteroatoms. The number of rotatable bonds is 6. The van der Waals surface area contributed by atoms with Gasteiger partial charge in [0.2, 0.25) is 5.91 Å². The third kappa shape index (κ3) is 5.47. The molecule has 0 saturated carbocycles. The average Bonchev–Trinajstić information content (AvgIpc) is 2.38. The van der Waals surface area contributed by atoms with E-state index in [0.717, 1.165) is 6.92 Å². The molecule has 0 aromatic heterocycles. The molecule has 3 N–H and O–H groups in total. The second-order valence-corrected chi connectivity index (χ2v) is 4.13. The van der Waals surface area contributed by atoms with Crippen LogP contribution in [0.4, 0.5) is 4.39 Å². The quantitative estimate of drug-likeness (QED) is 0.712. The Bertz CT molecular complexity index is 502. The van der Waals surface area contributed by atoms with Crippen molar-refractivity contribution in [2.45, 2.75) is 19.4 Å². The molecule has 1 atom stereocenters. The van der Waals surface area contributed by atoms with Gasteiger partial charge < -0.3 is 15.8 Å². The Morgan fingerprint density at radius 3 is 2.40 bits per heavy atom. The lowest BCUT2D eigenvalue weighted by Gasteiger charge is -2.15. The summed E-state index contributed by atoms with van der Waals surface area (Å²) >= 11 is 0. The minimum Gasteiger partial charge on any atom is -0.456 e. The van der Waals surface area contributed by atoms with Crippen molar-refractivity contribution in [2.75, 3.05) is 6.61 Å². The first-order valence-electron chi connectivity index (χ1n) is 5.85. The van der Waals surface area contributed by atoms with Crippen LogP contribution in [0.25, 0.3) is 0 Å². The van der Waals surface area contributed by atoms with Crippen molar-refractivity contribution in [2.24, 2.45) is 5.73 Å². The van der Waals surface area contributed by atoms with Crippen LogP contribution in [0.15, 0.2) is 24.3 Å². The molecule has 0 aliphatic heterocycles. The number of nitrogens with two attached hydrogens (primary N) is 1. The molecule has 0 bridgehead atoms. The summed E-state index contributed by atoms with van der Waals surface area (Å²) in [7, 11) is 0. The summed E-state index contributed by atoms with van der Waals surface area (Å²) < 4.78 is 17.3. The number of ether oxygens (including phenoxy) is 1. The summed E-state index contributed by atoms with van der Waals surface area (Å²) in [5.41, 5.74) is 5.82.